The van der Waals surface area contributed by atoms with Gasteiger partial charge in [-0.05, 0) is 24.0 Å². The molecule has 1 rings (SSSR count). The minimum atomic E-state index is -3.04. The first kappa shape index (κ1) is 15.6. The molecule has 0 saturated heterocycles. The molecule has 0 fully saturated rings. The number of halogens is 2. The number of carbonyl (C=O) groups excluding carboxylic acids is 1. The van der Waals surface area contributed by atoms with E-state index in [4.69, 9.17) is 5.73 Å². The molecule has 0 spiro atoms. The van der Waals surface area contributed by atoms with Crippen LogP contribution in [0.4, 0.5) is 8.78 Å². The summed E-state index contributed by atoms with van der Waals surface area (Å²) in [5.74, 6) is -3.43. The first-order chi connectivity index (χ1) is 8.85. The average Bonchev–Trinajstić information content (AvgIpc) is 2.37. The van der Waals surface area contributed by atoms with E-state index < -0.39 is 19.0 Å². The van der Waals surface area contributed by atoms with Crippen LogP contribution in [-0.2, 0) is 4.79 Å². The molecule has 0 radical (unpaired) electrons. The Morgan fingerprint density at radius 1 is 1.42 bits per heavy atom. The van der Waals surface area contributed by atoms with Gasteiger partial charge in [-0.1, -0.05) is 31.2 Å². The number of nitrogens with one attached hydrogen (secondary N) is 1. The molecule has 3 N–H and O–H groups in total. The molecular formula is C14H20F2N2O. The van der Waals surface area contributed by atoms with Crippen LogP contribution in [0.5, 0.6) is 0 Å². The Balaban J connectivity index is 2.51. The molecule has 19 heavy (non-hydrogen) atoms. The van der Waals surface area contributed by atoms with Gasteiger partial charge in [0.1, 0.15) is 0 Å². The zero-order valence-corrected chi connectivity index (χ0v) is 11.2. The van der Waals surface area contributed by atoms with Crippen molar-refractivity contribution in [2.24, 2.45) is 5.73 Å². The number of benzene rings is 1. The zero-order valence-electron chi connectivity index (χ0n) is 11.2. The second-order valence-electron chi connectivity index (χ2n) is 4.80. The molecule has 0 aromatic heterocycles. The minimum Gasteiger partial charge on any atom is -0.350 e. The molecule has 106 valence electrons. The van der Waals surface area contributed by atoms with Gasteiger partial charge in [-0.15, -0.1) is 0 Å². The van der Waals surface area contributed by atoms with Gasteiger partial charge in [-0.25, -0.2) is 8.78 Å². The second kappa shape index (κ2) is 6.61. The normalized spacial score (nSPS) is 13.1. The number of alkyl halides is 2. The van der Waals surface area contributed by atoms with E-state index in [0.717, 1.165) is 11.1 Å². The van der Waals surface area contributed by atoms with Crippen LogP contribution in [0.3, 0.4) is 0 Å². The average molecular weight is 270 g/mol. The van der Waals surface area contributed by atoms with E-state index in [0.29, 0.717) is 0 Å². The molecule has 0 saturated carbocycles. The smallest absolute Gasteiger partial charge is 0.277 e. The summed E-state index contributed by atoms with van der Waals surface area (Å²) in [5.41, 5.74) is 7.05. The van der Waals surface area contributed by atoms with Crippen molar-refractivity contribution in [3.8, 4) is 0 Å². The topological polar surface area (TPSA) is 55.1 Å². The standard InChI is InChI=1S/C14H20F2N2O/c1-10-5-3-4-6-12(10)11(2)7-13(19)18-9-14(15,16)8-17/h3-6,11H,7-9,17H2,1-2H3,(H,18,19). The highest BCUT2D eigenvalue weighted by Gasteiger charge is 2.27. The SMILES string of the molecule is Cc1ccccc1C(C)CC(=O)NCC(F)(F)CN. The van der Waals surface area contributed by atoms with Crippen LogP contribution in [0.2, 0.25) is 0 Å². The molecule has 0 aliphatic rings. The Morgan fingerprint density at radius 2 is 2.05 bits per heavy atom. The van der Waals surface area contributed by atoms with Crippen LogP contribution in [-0.4, -0.2) is 24.9 Å². The molecule has 1 aromatic carbocycles. The largest absolute Gasteiger partial charge is 0.350 e. The third-order valence-corrected chi connectivity index (χ3v) is 3.05. The quantitative estimate of drug-likeness (QED) is 0.832. The summed E-state index contributed by atoms with van der Waals surface area (Å²) < 4.78 is 25.8. The lowest BCUT2D eigenvalue weighted by Crippen LogP contribution is -2.41. The molecule has 1 aromatic rings. The van der Waals surface area contributed by atoms with E-state index >= 15 is 0 Å². The molecule has 0 heterocycles. The molecule has 3 nitrogen and oxygen atoms in total. The minimum absolute atomic E-state index is 0.00676. The van der Waals surface area contributed by atoms with Crippen molar-refractivity contribution >= 4 is 5.91 Å². The summed E-state index contributed by atoms with van der Waals surface area (Å²) in [5, 5.41) is 2.23. The van der Waals surface area contributed by atoms with Crippen molar-refractivity contribution in [3.05, 3.63) is 35.4 Å². The Kier molecular flexibility index (Phi) is 5.42. The van der Waals surface area contributed by atoms with Crippen LogP contribution in [0, 0.1) is 6.92 Å². The van der Waals surface area contributed by atoms with E-state index in [1.54, 1.807) is 0 Å². The molecule has 0 aliphatic carbocycles. The zero-order chi connectivity index (χ0) is 14.5. The highest BCUT2D eigenvalue weighted by atomic mass is 19.3. The van der Waals surface area contributed by atoms with Crippen molar-refractivity contribution in [2.45, 2.75) is 32.1 Å². The molecule has 1 atom stereocenters. The third-order valence-electron chi connectivity index (χ3n) is 3.05. The second-order valence-corrected chi connectivity index (χ2v) is 4.80. The lowest BCUT2D eigenvalue weighted by Gasteiger charge is -2.17. The Hall–Kier alpha value is -1.49. The van der Waals surface area contributed by atoms with Gasteiger partial charge in [0, 0.05) is 6.42 Å². The summed E-state index contributed by atoms with van der Waals surface area (Å²) in [7, 11) is 0. The molecule has 5 heteroatoms. The van der Waals surface area contributed by atoms with Gasteiger partial charge in [0.15, 0.2) is 0 Å². The monoisotopic (exact) mass is 270 g/mol. The van der Waals surface area contributed by atoms with Crippen LogP contribution in [0.15, 0.2) is 24.3 Å². The Morgan fingerprint density at radius 3 is 2.63 bits per heavy atom. The Labute approximate surface area is 112 Å². The summed E-state index contributed by atoms with van der Waals surface area (Å²) in [4.78, 5) is 11.6. The number of carbonyl (C=O) groups is 1. The molecular weight excluding hydrogens is 250 g/mol. The highest BCUT2D eigenvalue weighted by molar-refractivity contribution is 5.76. The number of nitrogens with two attached hydrogens (primary N) is 1. The van der Waals surface area contributed by atoms with Crippen LogP contribution >= 0.6 is 0 Å². The van der Waals surface area contributed by atoms with Crippen molar-refractivity contribution in [2.75, 3.05) is 13.1 Å². The molecule has 1 amide bonds. The summed E-state index contributed by atoms with van der Waals surface area (Å²) in [6.45, 7) is 2.40. The van der Waals surface area contributed by atoms with E-state index in [9.17, 15) is 13.6 Å². The maximum atomic E-state index is 12.9. The first-order valence-electron chi connectivity index (χ1n) is 6.26. The van der Waals surface area contributed by atoms with Gasteiger partial charge in [-0.3, -0.25) is 4.79 Å². The summed E-state index contributed by atoms with van der Waals surface area (Å²) in [6, 6.07) is 7.74. The summed E-state index contributed by atoms with van der Waals surface area (Å²) >= 11 is 0. The summed E-state index contributed by atoms with van der Waals surface area (Å²) in [6.07, 6.45) is 0.186. The van der Waals surface area contributed by atoms with Gasteiger partial charge in [-0.2, -0.15) is 0 Å². The van der Waals surface area contributed by atoms with Crippen LogP contribution in [0.1, 0.15) is 30.4 Å². The van der Waals surface area contributed by atoms with Crippen LogP contribution in [0.25, 0.3) is 0 Å². The lowest BCUT2D eigenvalue weighted by atomic mass is 9.93. The van der Waals surface area contributed by atoms with E-state index in [1.165, 1.54) is 0 Å². The van der Waals surface area contributed by atoms with Crippen LogP contribution < -0.4 is 11.1 Å². The number of rotatable bonds is 6. The van der Waals surface area contributed by atoms with Gasteiger partial charge < -0.3 is 11.1 Å². The number of hydrogen-bond donors (Lipinski definition) is 2. The number of amides is 1. The molecule has 0 aliphatic heterocycles. The maximum Gasteiger partial charge on any atom is 0.277 e. The van der Waals surface area contributed by atoms with Crippen molar-refractivity contribution in [1.82, 2.24) is 5.32 Å². The Bertz CT molecular complexity index is 435. The predicted molar refractivity (Wildman–Crippen MR) is 71.2 cm³/mol. The first-order valence-corrected chi connectivity index (χ1v) is 6.26. The fourth-order valence-electron chi connectivity index (χ4n) is 1.90. The number of aryl methyl sites for hydroxylation is 1. The predicted octanol–water partition coefficient (Wildman–Crippen LogP) is 2.20. The number of hydrogen-bond acceptors (Lipinski definition) is 2. The van der Waals surface area contributed by atoms with Crippen molar-refractivity contribution in [1.29, 1.82) is 0 Å². The maximum absolute atomic E-state index is 12.9. The van der Waals surface area contributed by atoms with Gasteiger partial charge >= 0.3 is 0 Å². The highest BCUT2D eigenvalue weighted by Crippen LogP contribution is 2.22. The van der Waals surface area contributed by atoms with Crippen molar-refractivity contribution < 1.29 is 13.6 Å². The lowest BCUT2D eigenvalue weighted by molar-refractivity contribution is -0.123. The third kappa shape index (κ3) is 4.95. The van der Waals surface area contributed by atoms with Gasteiger partial charge in [0.25, 0.3) is 5.92 Å². The van der Waals surface area contributed by atoms with Gasteiger partial charge in [0.05, 0.1) is 13.1 Å². The fourth-order valence-corrected chi connectivity index (χ4v) is 1.90. The van der Waals surface area contributed by atoms with E-state index in [-0.39, 0.29) is 18.2 Å². The van der Waals surface area contributed by atoms with Crippen molar-refractivity contribution in [3.63, 3.8) is 0 Å². The van der Waals surface area contributed by atoms with E-state index in [1.807, 2.05) is 38.1 Å². The van der Waals surface area contributed by atoms with Gasteiger partial charge in [0.2, 0.25) is 5.91 Å². The van der Waals surface area contributed by atoms with E-state index in [2.05, 4.69) is 5.32 Å². The molecule has 1 unspecified atom stereocenters. The fraction of sp³-hybridized carbons (Fsp3) is 0.500. The molecule has 0 bridgehead atoms.